The third kappa shape index (κ3) is 4.02. The lowest BCUT2D eigenvalue weighted by molar-refractivity contribution is 0.111. The molecule has 11 nitrogen and oxygen atoms in total. The number of nitrogens with zero attached hydrogens (tertiary/aromatic N) is 7. The Morgan fingerprint density at radius 2 is 1.93 bits per heavy atom. The Hall–Kier alpha value is -3.74. The number of aliphatic hydroxyl groups excluding tert-OH is 1. The molecule has 2 bridgehead atoms. The number of likely N-dealkylation sites (tertiary alicyclic amines) is 1. The Bertz CT molecular complexity index is 1970. The monoisotopic (exact) mass is 645 g/mol. The first-order valence-corrected chi connectivity index (χ1v) is 16.7. The molecule has 238 valence electrons. The van der Waals surface area contributed by atoms with E-state index < -0.39 is 17.7 Å². The molecule has 1 spiro atoms. The zero-order chi connectivity index (χ0) is 31.5. The first-order valence-electron chi connectivity index (χ1n) is 15.8. The molecule has 4 aromatic rings. The maximum Gasteiger partial charge on any atom is 0.228 e. The molecule has 9 rings (SSSR count). The van der Waals surface area contributed by atoms with Crippen molar-refractivity contribution in [3.63, 3.8) is 0 Å². The number of hydrogen-bond acceptors (Lipinski definition) is 12. The normalized spacial score (nSPS) is 24.0. The topological polar surface area (TPSA) is 140 Å². The lowest BCUT2D eigenvalue weighted by Gasteiger charge is -2.56. The molecule has 3 unspecified atom stereocenters. The van der Waals surface area contributed by atoms with Crippen molar-refractivity contribution in [2.24, 2.45) is 0 Å². The summed E-state index contributed by atoms with van der Waals surface area (Å²) in [6.07, 6.45) is 3.68. The molecule has 5 aliphatic rings. The number of nitrogens with one attached hydrogen (secondary N) is 1. The van der Waals surface area contributed by atoms with E-state index in [2.05, 4.69) is 31.1 Å². The number of thiophene rings is 1. The van der Waals surface area contributed by atoms with Crippen molar-refractivity contribution in [3.8, 4) is 17.3 Å². The molecule has 4 N–H and O–H groups in total. The van der Waals surface area contributed by atoms with Gasteiger partial charge < -0.3 is 30.7 Å². The molecule has 3 aromatic heterocycles. The fourth-order valence-electron chi connectivity index (χ4n) is 8.40. The van der Waals surface area contributed by atoms with Crippen molar-refractivity contribution in [2.75, 3.05) is 54.8 Å². The second-order valence-electron chi connectivity index (χ2n) is 13.5. The minimum Gasteiger partial charge on any atom is -0.392 e. The number of rotatable bonds is 5. The standard InChI is InChI=1S/C32H33F2N9O2S/c1-15(44)8-41-9-16-2-3-17(10-41)43(16)30-24-20-12-45-11-19(20)22(26-23-18(6-35)29(36)46-28(23)21(33)7-37-26)25(34)27(24)39-31(40-30)42-13-32(14-42)4-5-38-32/h7,15-17,38,44H,2-5,8-14,36H2,1H3. The average molecular weight is 646 g/mol. The second kappa shape index (κ2) is 10.1. The second-order valence-corrected chi connectivity index (χ2v) is 14.5. The van der Waals surface area contributed by atoms with Gasteiger partial charge in [-0.05, 0) is 43.9 Å². The highest BCUT2D eigenvalue weighted by molar-refractivity contribution is 7.23. The van der Waals surface area contributed by atoms with Crippen molar-refractivity contribution in [3.05, 3.63) is 34.5 Å². The van der Waals surface area contributed by atoms with Crippen LogP contribution in [0, 0.1) is 23.0 Å². The number of fused-ring (bicyclic) bond motifs is 6. The highest BCUT2D eigenvalue weighted by Gasteiger charge is 2.49. The molecule has 4 fully saturated rings. The van der Waals surface area contributed by atoms with Crippen LogP contribution in [-0.4, -0.2) is 88.0 Å². The summed E-state index contributed by atoms with van der Waals surface area (Å²) in [7, 11) is 0. The number of benzene rings is 1. The summed E-state index contributed by atoms with van der Waals surface area (Å²) >= 11 is 0.960. The first-order chi connectivity index (χ1) is 22.2. The van der Waals surface area contributed by atoms with E-state index in [0.29, 0.717) is 29.3 Å². The summed E-state index contributed by atoms with van der Waals surface area (Å²) in [5.41, 5.74) is 8.19. The lowest BCUT2D eigenvalue weighted by atomic mass is 9.80. The SMILES string of the molecule is CC(O)CN1CC2CCC(C1)N2c1nc(N2CC3(CCN3)C2)nc2c(F)c(-c3ncc(F)c4sc(N)c(C#N)c34)c3c(c12)COC3. The van der Waals surface area contributed by atoms with Crippen LogP contribution >= 0.6 is 11.3 Å². The lowest BCUT2D eigenvalue weighted by Crippen LogP contribution is -2.76. The number of β-amino-alcohol motifs (C(OH)–C–C–N with tert-alkyl or cyclic N) is 1. The maximum atomic E-state index is 17.4. The van der Waals surface area contributed by atoms with Gasteiger partial charge in [0.05, 0.1) is 52.4 Å². The van der Waals surface area contributed by atoms with E-state index in [-0.39, 0.29) is 68.3 Å². The summed E-state index contributed by atoms with van der Waals surface area (Å²) in [4.78, 5) is 21.3. The Balaban J connectivity index is 1.27. The van der Waals surface area contributed by atoms with Gasteiger partial charge in [0.1, 0.15) is 22.4 Å². The van der Waals surface area contributed by atoms with Gasteiger partial charge in [0.2, 0.25) is 5.95 Å². The predicted molar refractivity (Wildman–Crippen MR) is 171 cm³/mol. The fraction of sp³-hybridized carbons (Fsp3) is 0.500. The van der Waals surface area contributed by atoms with Crippen LogP contribution in [0.25, 0.3) is 32.2 Å². The number of nitrogens with two attached hydrogens (primary N) is 1. The number of ether oxygens (including phenoxy) is 1. The van der Waals surface area contributed by atoms with Gasteiger partial charge in [0.25, 0.3) is 0 Å². The van der Waals surface area contributed by atoms with Crippen molar-refractivity contribution in [1.29, 1.82) is 5.26 Å². The van der Waals surface area contributed by atoms with E-state index >= 15 is 4.39 Å². The van der Waals surface area contributed by atoms with Crippen LogP contribution in [0.2, 0.25) is 0 Å². The Kier molecular flexibility index (Phi) is 6.27. The molecule has 0 saturated carbocycles. The maximum absolute atomic E-state index is 17.4. The van der Waals surface area contributed by atoms with Gasteiger partial charge in [-0.1, -0.05) is 0 Å². The third-order valence-corrected chi connectivity index (χ3v) is 11.5. The Morgan fingerprint density at radius 3 is 2.61 bits per heavy atom. The van der Waals surface area contributed by atoms with Crippen LogP contribution in [0.1, 0.15) is 42.9 Å². The summed E-state index contributed by atoms with van der Waals surface area (Å²) < 4.78 is 38.5. The number of nitrogen functional groups attached to an aromatic ring is 1. The summed E-state index contributed by atoms with van der Waals surface area (Å²) in [6.45, 7) is 6.84. The zero-order valence-corrected chi connectivity index (χ0v) is 26.1. The third-order valence-electron chi connectivity index (χ3n) is 10.5. The van der Waals surface area contributed by atoms with Crippen LogP contribution in [0.15, 0.2) is 6.20 Å². The van der Waals surface area contributed by atoms with Gasteiger partial charge in [-0.3, -0.25) is 9.88 Å². The highest BCUT2D eigenvalue weighted by atomic mass is 32.1. The molecule has 0 amide bonds. The number of hydrogen-bond donors (Lipinski definition) is 3. The number of anilines is 3. The van der Waals surface area contributed by atoms with E-state index in [0.717, 1.165) is 75.1 Å². The Morgan fingerprint density at radius 1 is 1.20 bits per heavy atom. The average Bonchev–Trinajstić information content (AvgIpc) is 3.66. The number of halogens is 2. The van der Waals surface area contributed by atoms with Crippen molar-refractivity contribution in [1.82, 2.24) is 25.2 Å². The Labute approximate surface area is 267 Å². The summed E-state index contributed by atoms with van der Waals surface area (Å²) in [5.74, 6) is -0.00514. The van der Waals surface area contributed by atoms with Crippen LogP contribution in [0.5, 0.6) is 0 Å². The van der Waals surface area contributed by atoms with Gasteiger partial charge in [-0.25, -0.2) is 13.8 Å². The molecule has 4 saturated heterocycles. The zero-order valence-electron chi connectivity index (χ0n) is 25.3. The van der Waals surface area contributed by atoms with Crippen LogP contribution in [0.3, 0.4) is 0 Å². The van der Waals surface area contributed by atoms with E-state index in [1.54, 1.807) is 0 Å². The van der Waals surface area contributed by atoms with Crippen molar-refractivity contribution >= 4 is 49.1 Å². The summed E-state index contributed by atoms with van der Waals surface area (Å²) in [5, 5.41) is 24.6. The molecule has 46 heavy (non-hydrogen) atoms. The number of aromatic nitrogens is 3. The largest absolute Gasteiger partial charge is 0.392 e. The first kappa shape index (κ1) is 28.5. The van der Waals surface area contributed by atoms with Gasteiger partial charge in [-0.2, -0.15) is 10.2 Å². The van der Waals surface area contributed by atoms with Gasteiger partial charge in [-0.15, -0.1) is 11.3 Å². The highest BCUT2D eigenvalue weighted by Crippen LogP contribution is 2.48. The number of nitriles is 1. The minimum absolute atomic E-state index is 0.0653. The van der Waals surface area contributed by atoms with Gasteiger partial charge in [0.15, 0.2) is 11.6 Å². The van der Waals surface area contributed by atoms with E-state index in [1.807, 2.05) is 6.92 Å². The molecular formula is C32H33F2N9O2S. The van der Waals surface area contributed by atoms with E-state index in [9.17, 15) is 14.8 Å². The van der Waals surface area contributed by atoms with Crippen LogP contribution in [0.4, 0.5) is 25.5 Å². The van der Waals surface area contributed by atoms with Crippen molar-refractivity contribution in [2.45, 2.75) is 63.1 Å². The van der Waals surface area contributed by atoms with E-state index in [4.69, 9.17) is 20.4 Å². The molecule has 0 radical (unpaired) electrons. The van der Waals surface area contributed by atoms with E-state index in [1.165, 1.54) is 0 Å². The van der Waals surface area contributed by atoms with Crippen LogP contribution < -0.4 is 20.9 Å². The quantitative estimate of drug-likeness (QED) is 0.295. The van der Waals surface area contributed by atoms with Gasteiger partial charge >= 0.3 is 0 Å². The molecule has 0 aliphatic carbocycles. The molecule has 3 atom stereocenters. The number of aliphatic hydroxyl groups is 1. The van der Waals surface area contributed by atoms with Gasteiger partial charge in [0, 0.05) is 55.8 Å². The summed E-state index contributed by atoms with van der Waals surface area (Å²) in [6, 6.07) is 2.40. The number of pyridine rings is 1. The molecule has 8 heterocycles. The number of piperazine rings is 1. The molecule has 5 aliphatic heterocycles. The molecule has 1 aromatic carbocycles. The fourth-order valence-corrected chi connectivity index (χ4v) is 9.32. The smallest absolute Gasteiger partial charge is 0.228 e. The molecule has 14 heteroatoms. The van der Waals surface area contributed by atoms with Crippen LogP contribution in [-0.2, 0) is 18.0 Å². The minimum atomic E-state index is -0.612. The van der Waals surface area contributed by atoms with Crippen molar-refractivity contribution < 1.29 is 18.6 Å². The predicted octanol–water partition coefficient (Wildman–Crippen LogP) is 3.25. The molecular weight excluding hydrogens is 612 g/mol.